The van der Waals surface area contributed by atoms with E-state index in [2.05, 4.69) is 15.5 Å². The summed E-state index contributed by atoms with van der Waals surface area (Å²) < 4.78 is 5.78. The molecule has 0 spiro atoms. The smallest absolute Gasteiger partial charge is 0.269 e. The van der Waals surface area contributed by atoms with Crippen molar-refractivity contribution in [2.45, 2.75) is 25.9 Å². The van der Waals surface area contributed by atoms with Gasteiger partial charge in [0.15, 0.2) is 5.60 Å². The molecule has 0 atom stereocenters. The average Bonchev–Trinajstić information content (AvgIpc) is 3.04. The number of nitrogens with one attached hydrogen (secondary N) is 1. The summed E-state index contributed by atoms with van der Waals surface area (Å²) in [6, 6.07) is 16.9. The Balaban J connectivity index is 1.62. The number of nitrogens with zero attached hydrogens (tertiary/aromatic N) is 2. The molecule has 3 aromatic rings. The quantitative estimate of drug-likeness (QED) is 0.672. The van der Waals surface area contributed by atoms with E-state index in [0.717, 1.165) is 10.6 Å². The maximum Gasteiger partial charge on any atom is 0.269 e. The van der Waals surface area contributed by atoms with Crippen LogP contribution < -0.4 is 10.1 Å². The molecule has 134 valence electrons. The van der Waals surface area contributed by atoms with Gasteiger partial charge in [-0.05, 0) is 43.7 Å². The van der Waals surface area contributed by atoms with Gasteiger partial charge in [0.2, 0.25) is 5.13 Å². The second kappa shape index (κ2) is 7.85. The Labute approximate surface area is 161 Å². The molecule has 5 nitrogen and oxygen atoms in total. The third kappa shape index (κ3) is 4.80. The molecule has 0 aliphatic heterocycles. The summed E-state index contributed by atoms with van der Waals surface area (Å²) >= 11 is 7.22. The number of benzene rings is 2. The van der Waals surface area contributed by atoms with Gasteiger partial charge in [-0.1, -0.05) is 53.3 Å². The zero-order valence-corrected chi connectivity index (χ0v) is 16.0. The highest BCUT2D eigenvalue weighted by molar-refractivity contribution is 7.15. The maximum absolute atomic E-state index is 12.5. The molecule has 1 N–H and O–H groups in total. The van der Waals surface area contributed by atoms with Gasteiger partial charge in [0.25, 0.3) is 5.91 Å². The fourth-order valence-electron chi connectivity index (χ4n) is 2.24. The van der Waals surface area contributed by atoms with Crippen molar-refractivity contribution in [3.63, 3.8) is 0 Å². The van der Waals surface area contributed by atoms with Crippen LogP contribution in [0.2, 0.25) is 5.02 Å². The van der Waals surface area contributed by atoms with Gasteiger partial charge in [0.05, 0.1) is 0 Å². The molecular formula is C19H18ClN3O2S. The van der Waals surface area contributed by atoms with Crippen LogP contribution in [0, 0.1) is 0 Å². The van der Waals surface area contributed by atoms with E-state index in [0.29, 0.717) is 22.3 Å². The van der Waals surface area contributed by atoms with Gasteiger partial charge in [-0.3, -0.25) is 10.1 Å². The molecule has 0 unspecified atom stereocenters. The summed E-state index contributed by atoms with van der Waals surface area (Å²) in [6.45, 7) is 3.39. The van der Waals surface area contributed by atoms with Crippen molar-refractivity contribution in [1.82, 2.24) is 10.2 Å². The second-order valence-electron chi connectivity index (χ2n) is 6.18. The van der Waals surface area contributed by atoms with Gasteiger partial charge in [-0.15, -0.1) is 10.2 Å². The van der Waals surface area contributed by atoms with Crippen LogP contribution in [0.4, 0.5) is 5.13 Å². The summed E-state index contributed by atoms with van der Waals surface area (Å²) in [6.07, 6.45) is 0.680. The summed E-state index contributed by atoms with van der Waals surface area (Å²) in [7, 11) is 0. The molecule has 26 heavy (non-hydrogen) atoms. The van der Waals surface area contributed by atoms with E-state index in [1.54, 1.807) is 38.1 Å². The van der Waals surface area contributed by atoms with Crippen molar-refractivity contribution in [2.24, 2.45) is 0 Å². The fourth-order valence-corrected chi connectivity index (χ4v) is 3.13. The highest BCUT2D eigenvalue weighted by Crippen LogP contribution is 2.24. The minimum atomic E-state index is -1.07. The molecule has 0 aliphatic carbocycles. The predicted molar refractivity (Wildman–Crippen MR) is 104 cm³/mol. The van der Waals surface area contributed by atoms with E-state index < -0.39 is 5.60 Å². The van der Waals surface area contributed by atoms with Crippen molar-refractivity contribution in [3.05, 3.63) is 70.2 Å². The number of ether oxygens (including phenoxy) is 1. The van der Waals surface area contributed by atoms with Gasteiger partial charge in [0.1, 0.15) is 10.8 Å². The van der Waals surface area contributed by atoms with Crippen LogP contribution in [0.15, 0.2) is 54.6 Å². The van der Waals surface area contributed by atoms with Crippen LogP contribution in [-0.4, -0.2) is 21.7 Å². The fraction of sp³-hybridized carbons (Fsp3) is 0.211. The van der Waals surface area contributed by atoms with E-state index >= 15 is 0 Å². The Hall–Kier alpha value is -2.44. The lowest BCUT2D eigenvalue weighted by atomic mass is 10.1. The molecule has 1 aromatic heterocycles. The topological polar surface area (TPSA) is 64.1 Å². The largest absolute Gasteiger partial charge is 0.478 e. The van der Waals surface area contributed by atoms with Crippen LogP contribution in [0.1, 0.15) is 24.4 Å². The first-order valence-corrected chi connectivity index (χ1v) is 9.24. The first kappa shape index (κ1) is 18.4. The first-order valence-electron chi connectivity index (χ1n) is 8.05. The van der Waals surface area contributed by atoms with E-state index in [4.69, 9.17) is 16.3 Å². The third-order valence-corrected chi connectivity index (χ3v) is 4.71. The maximum atomic E-state index is 12.5. The van der Waals surface area contributed by atoms with E-state index in [-0.39, 0.29) is 5.91 Å². The molecule has 0 saturated carbocycles. The Kier molecular flexibility index (Phi) is 5.54. The zero-order valence-electron chi connectivity index (χ0n) is 14.4. The number of rotatable bonds is 6. The summed E-state index contributed by atoms with van der Waals surface area (Å²) in [5.74, 6) is 0.270. The van der Waals surface area contributed by atoms with Crippen molar-refractivity contribution < 1.29 is 9.53 Å². The molecule has 7 heteroatoms. The van der Waals surface area contributed by atoms with Crippen LogP contribution in [0.5, 0.6) is 5.75 Å². The third-order valence-electron chi connectivity index (χ3n) is 3.62. The number of carbonyl (C=O) groups is 1. The molecule has 0 bridgehead atoms. The minimum Gasteiger partial charge on any atom is -0.478 e. The van der Waals surface area contributed by atoms with Crippen LogP contribution >= 0.6 is 22.9 Å². The molecule has 0 aliphatic rings. The number of aromatic nitrogens is 2. The van der Waals surface area contributed by atoms with E-state index in [9.17, 15) is 4.79 Å². The number of anilines is 1. The van der Waals surface area contributed by atoms with E-state index in [1.807, 2.05) is 30.3 Å². The number of halogens is 1. The lowest BCUT2D eigenvalue weighted by molar-refractivity contribution is -0.128. The highest BCUT2D eigenvalue weighted by Gasteiger charge is 2.31. The Morgan fingerprint density at radius 3 is 2.50 bits per heavy atom. The van der Waals surface area contributed by atoms with Crippen molar-refractivity contribution in [1.29, 1.82) is 0 Å². The first-order chi connectivity index (χ1) is 12.4. The highest BCUT2D eigenvalue weighted by atomic mass is 35.5. The van der Waals surface area contributed by atoms with Crippen LogP contribution in [0.25, 0.3) is 0 Å². The lowest BCUT2D eigenvalue weighted by Crippen LogP contribution is -2.42. The zero-order chi connectivity index (χ0) is 18.6. The molecule has 1 amide bonds. The van der Waals surface area contributed by atoms with Gasteiger partial charge in [0, 0.05) is 11.4 Å². The molecular weight excluding hydrogens is 370 g/mol. The number of hydrogen-bond donors (Lipinski definition) is 1. The van der Waals surface area contributed by atoms with Gasteiger partial charge in [-0.25, -0.2) is 0 Å². The molecule has 1 heterocycles. The van der Waals surface area contributed by atoms with Gasteiger partial charge >= 0.3 is 0 Å². The average molecular weight is 388 g/mol. The number of hydrogen-bond acceptors (Lipinski definition) is 5. The normalized spacial score (nSPS) is 11.2. The van der Waals surface area contributed by atoms with Gasteiger partial charge < -0.3 is 4.74 Å². The molecule has 0 fully saturated rings. The van der Waals surface area contributed by atoms with Crippen LogP contribution in [-0.2, 0) is 11.2 Å². The Bertz CT molecular complexity index is 879. The monoisotopic (exact) mass is 387 g/mol. The van der Waals surface area contributed by atoms with Crippen molar-refractivity contribution in [2.75, 3.05) is 5.32 Å². The van der Waals surface area contributed by atoms with Crippen molar-refractivity contribution in [3.8, 4) is 5.75 Å². The SMILES string of the molecule is CC(C)(Oc1ccc(Cl)cc1)C(=O)Nc1nnc(Cc2ccccc2)s1. The van der Waals surface area contributed by atoms with Crippen LogP contribution in [0.3, 0.4) is 0 Å². The molecule has 3 rings (SSSR count). The minimum absolute atomic E-state index is 0.296. The Morgan fingerprint density at radius 2 is 1.81 bits per heavy atom. The summed E-state index contributed by atoms with van der Waals surface area (Å²) in [5.41, 5.74) is 0.0759. The number of amides is 1. The standard InChI is InChI=1S/C19H18ClN3O2S/c1-19(2,25-15-10-8-14(20)9-11-15)17(24)21-18-23-22-16(26-18)12-13-6-4-3-5-7-13/h3-11H,12H2,1-2H3,(H,21,23,24). The van der Waals surface area contributed by atoms with Gasteiger partial charge in [-0.2, -0.15) is 0 Å². The number of carbonyl (C=O) groups excluding carboxylic acids is 1. The lowest BCUT2D eigenvalue weighted by Gasteiger charge is -2.24. The summed E-state index contributed by atoms with van der Waals surface area (Å²) in [4.78, 5) is 12.5. The predicted octanol–water partition coefficient (Wildman–Crippen LogP) is 4.58. The summed E-state index contributed by atoms with van der Waals surface area (Å²) in [5, 5.41) is 12.9. The Morgan fingerprint density at radius 1 is 1.12 bits per heavy atom. The molecule has 2 aromatic carbocycles. The molecule has 0 radical (unpaired) electrons. The van der Waals surface area contributed by atoms with Crippen molar-refractivity contribution >= 4 is 34.0 Å². The molecule has 0 saturated heterocycles. The second-order valence-corrected chi connectivity index (χ2v) is 7.68. The van der Waals surface area contributed by atoms with E-state index in [1.165, 1.54) is 11.3 Å².